The Kier molecular flexibility index (Phi) is 4.82. The third-order valence-electron chi connectivity index (χ3n) is 5.06. The van der Waals surface area contributed by atoms with Crippen LogP contribution in [0.4, 0.5) is 11.7 Å². The second kappa shape index (κ2) is 8.11. The number of nitrogen functional groups attached to an aromatic ring is 1. The van der Waals surface area contributed by atoms with Gasteiger partial charge < -0.3 is 10.3 Å². The van der Waals surface area contributed by atoms with E-state index in [-0.39, 0.29) is 22.8 Å². The zero-order valence-electron chi connectivity index (χ0n) is 20.8. The van der Waals surface area contributed by atoms with E-state index in [0.29, 0.717) is 22.7 Å². The van der Waals surface area contributed by atoms with Crippen molar-refractivity contribution in [2.24, 2.45) is 0 Å². The molecular weight excluding hydrogens is 404 g/mol. The number of benzene rings is 1. The molecule has 0 aliphatic carbocycles. The van der Waals surface area contributed by atoms with Crippen molar-refractivity contribution in [2.45, 2.75) is 52.3 Å². The van der Waals surface area contributed by atoms with E-state index >= 15 is 0 Å². The molecule has 4 aromatic rings. The van der Waals surface area contributed by atoms with Gasteiger partial charge in [0.05, 0.1) is 12.1 Å². The van der Waals surface area contributed by atoms with Crippen molar-refractivity contribution in [3.63, 3.8) is 0 Å². The van der Waals surface area contributed by atoms with Gasteiger partial charge in [0.1, 0.15) is 22.9 Å². The van der Waals surface area contributed by atoms with Gasteiger partial charge in [-0.25, -0.2) is 9.97 Å². The lowest BCUT2D eigenvalue weighted by molar-refractivity contribution is -0.115. The molecule has 32 heavy (non-hydrogen) atoms. The third-order valence-corrected chi connectivity index (χ3v) is 5.06. The van der Waals surface area contributed by atoms with Crippen molar-refractivity contribution in [1.29, 1.82) is 0 Å². The number of rotatable bonds is 5. The Morgan fingerprint density at radius 1 is 1.28 bits per heavy atom. The standard InChI is InChI=1S/C24H28N6O2/c1-14(2)23-28-20(21-22(25)26-10-11-30(21)23)16-8-6-15(7-9-16)12-18(31)27-19-13-17(29-32-19)24(3,4)5/h6-11,13-14H,12H2,1-5H3,(H2,25,26)(H,27,31)/i12D2. The summed E-state index contributed by atoms with van der Waals surface area (Å²) in [7, 11) is 0. The first-order chi connectivity index (χ1) is 15.9. The number of carbonyl (C=O) groups excluding carboxylic acids is 1. The molecule has 0 aliphatic heterocycles. The summed E-state index contributed by atoms with van der Waals surface area (Å²) in [6.45, 7) is 9.99. The maximum atomic E-state index is 12.7. The average molecular weight is 435 g/mol. The normalized spacial score (nSPS) is 13.3. The molecule has 0 saturated heterocycles. The number of aromatic nitrogens is 4. The van der Waals surface area contributed by atoms with E-state index in [1.807, 2.05) is 45.2 Å². The van der Waals surface area contributed by atoms with Crippen LogP contribution in [0.1, 0.15) is 60.4 Å². The monoisotopic (exact) mass is 434 g/mol. The Balaban J connectivity index is 1.62. The first-order valence-electron chi connectivity index (χ1n) is 11.4. The van der Waals surface area contributed by atoms with Gasteiger partial charge >= 0.3 is 0 Å². The molecule has 1 aromatic carbocycles. The van der Waals surface area contributed by atoms with Crippen LogP contribution in [0.25, 0.3) is 16.8 Å². The third kappa shape index (κ3) is 4.21. The van der Waals surface area contributed by atoms with Gasteiger partial charge in [0.15, 0.2) is 0 Å². The predicted octanol–water partition coefficient (Wildman–Crippen LogP) is 4.57. The quantitative estimate of drug-likeness (QED) is 0.476. The van der Waals surface area contributed by atoms with Crippen LogP contribution in [0.5, 0.6) is 0 Å². The number of nitrogens with two attached hydrogens (primary N) is 1. The summed E-state index contributed by atoms with van der Waals surface area (Å²) in [6, 6.07) is 8.20. The topological polar surface area (TPSA) is 111 Å². The lowest BCUT2D eigenvalue weighted by Crippen LogP contribution is -2.14. The molecule has 0 saturated carbocycles. The van der Waals surface area contributed by atoms with Gasteiger partial charge in [-0.1, -0.05) is 64.0 Å². The van der Waals surface area contributed by atoms with E-state index in [1.165, 1.54) is 0 Å². The van der Waals surface area contributed by atoms with E-state index in [4.69, 9.17) is 18.0 Å². The van der Waals surface area contributed by atoms with Crippen molar-refractivity contribution >= 4 is 23.1 Å². The van der Waals surface area contributed by atoms with Crippen molar-refractivity contribution in [3.8, 4) is 11.3 Å². The average Bonchev–Trinajstić information content (AvgIpc) is 3.39. The second-order valence-electron chi connectivity index (χ2n) is 8.99. The maximum absolute atomic E-state index is 12.7. The molecular formula is C24H28N6O2. The van der Waals surface area contributed by atoms with E-state index in [9.17, 15) is 4.79 Å². The molecule has 0 fully saturated rings. The number of fused-ring (bicyclic) bond motifs is 1. The highest BCUT2D eigenvalue weighted by Crippen LogP contribution is 2.30. The van der Waals surface area contributed by atoms with Crippen LogP contribution in [-0.4, -0.2) is 25.4 Å². The van der Waals surface area contributed by atoms with Crippen molar-refractivity contribution in [2.75, 3.05) is 11.1 Å². The van der Waals surface area contributed by atoms with Crippen molar-refractivity contribution < 1.29 is 12.1 Å². The molecule has 0 unspecified atom stereocenters. The molecule has 0 atom stereocenters. The highest BCUT2D eigenvalue weighted by atomic mass is 16.5. The number of hydrogen-bond acceptors (Lipinski definition) is 6. The zero-order valence-corrected chi connectivity index (χ0v) is 18.8. The molecule has 4 rings (SSSR count). The number of nitrogens with one attached hydrogen (secondary N) is 1. The number of imidazole rings is 1. The largest absolute Gasteiger partial charge is 0.382 e. The van der Waals surface area contributed by atoms with Crippen LogP contribution in [0, 0.1) is 0 Å². The van der Waals surface area contributed by atoms with Gasteiger partial charge in [-0.05, 0) is 5.56 Å². The van der Waals surface area contributed by atoms with Crippen LogP contribution in [0.2, 0.25) is 0 Å². The summed E-state index contributed by atoms with van der Waals surface area (Å²) in [5.41, 5.74) is 8.85. The molecule has 3 N–H and O–H groups in total. The first kappa shape index (κ1) is 19.0. The minimum atomic E-state index is -2.30. The summed E-state index contributed by atoms with van der Waals surface area (Å²) in [6.07, 6.45) is 1.16. The Morgan fingerprint density at radius 3 is 2.62 bits per heavy atom. The summed E-state index contributed by atoms with van der Waals surface area (Å²) in [4.78, 5) is 21.7. The highest BCUT2D eigenvalue weighted by Gasteiger charge is 2.20. The van der Waals surface area contributed by atoms with Crippen LogP contribution < -0.4 is 11.1 Å². The number of anilines is 2. The summed E-state index contributed by atoms with van der Waals surface area (Å²) >= 11 is 0. The van der Waals surface area contributed by atoms with Gasteiger partial charge in [-0.2, -0.15) is 0 Å². The Hall–Kier alpha value is -3.68. The lowest BCUT2D eigenvalue weighted by atomic mass is 9.92. The van der Waals surface area contributed by atoms with Gasteiger partial charge in [-0.15, -0.1) is 0 Å². The van der Waals surface area contributed by atoms with Gasteiger partial charge in [0.25, 0.3) is 0 Å². The fourth-order valence-electron chi connectivity index (χ4n) is 3.37. The Bertz CT molecular complexity index is 1350. The highest BCUT2D eigenvalue weighted by molar-refractivity contribution is 5.91. The van der Waals surface area contributed by atoms with Gasteiger partial charge in [0, 0.05) is 38.1 Å². The number of hydrogen-bond donors (Lipinski definition) is 2. The molecule has 8 heteroatoms. The molecule has 3 heterocycles. The van der Waals surface area contributed by atoms with Crippen LogP contribution in [0.3, 0.4) is 0 Å². The van der Waals surface area contributed by atoms with Crippen LogP contribution in [-0.2, 0) is 16.6 Å². The van der Waals surface area contributed by atoms with Gasteiger partial charge in [0.2, 0.25) is 11.8 Å². The molecule has 0 bridgehead atoms. The minimum absolute atomic E-state index is 0.101. The molecule has 0 aliphatic rings. The van der Waals surface area contributed by atoms with E-state index in [2.05, 4.69) is 15.5 Å². The van der Waals surface area contributed by atoms with Crippen molar-refractivity contribution in [1.82, 2.24) is 19.5 Å². The van der Waals surface area contributed by atoms with Crippen LogP contribution >= 0.6 is 0 Å². The maximum Gasteiger partial charge on any atom is 0.231 e. The molecule has 3 aromatic heterocycles. The fourth-order valence-corrected chi connectivity index (χ4v) is 3.37. The second-order valence-corrected chi connectivity index (χ2v) is 8.99. The molecule has 8 nitrogen and oxygen atoms in total. The van der Waals surface area contributed by atoms with E-state index in [0.717, 1.165) is 11.4 Å². The van der Waals surface area contributed by atoms with Gasteiger partial charge in [-0.3, -0.25) is 14.5 Å². The zero-order chi connectivity index (χ0) is 24.8. The fraction of sp³-hybridized carbons (Fsp3) is 0.333. The molecule has 166 valence electrons. The predicted molar refractivity (Wildman–Crippen MR) is 124 cm³/mol. The smallest absolute Gasteiger partial charge is 0.231 e. The summed E-state index contributed by atoms with van der Waals surface area (Å²) in [5, 5.41) is 6.43. The molecule has 1 amide bonds. The number of nitrogens with zero attached hydrogens (tertiary/aromatic N) is 4. The van der Waals surface area contributed by atoms with Crippen molar-refractivity contribution in [3.05, 3.63) is 59.8 Å². The Labute approximate surface area is 189 Å². The number of amides is 1. The van der Waals surface area contributed by atoms with E-state index in [1.54, 1.807) is 36.5 Å². The minimum Gasteiger partial charge on any atom is -0.382 e. The first-order valence-corrected chi connectivity index (χ1v) is 10.4. The SMILES string of the molecule is [2H]C([2H])(C(=O)Nc1cc(C(C)(C)C)no1)c1ccc(-c2nc(C(C)C)n3ccnc(N)c23)cc1. The Morgan fingerprint density at radius 2 is 2.00 bits per heavy atom. The lowest BCUT2D eigenvalue weighted by Gasteiger charge is -2.12. The van der Waals surface area contributed by atoms with Crippen LogP contribution in [0.15, 0.2) is 47.2 Å². The van der Waals surface area contributed by atoms with E-state index < -0.39 is 12.3 Å². The molecule has 0 spiro atoms. The molecule has 0 radical (unpaired) electrons. The summed E-state index contributed by atoms with van der Waals surface area (Å²) < 4.78 is 23.9. The number of carbonyl (C=O) groups is 1. The summed E-state index contributed by atoms with van der Waals surface area (Å²) in [5.74, 6) is 0.621.